The van der Waals surface area contributed by atoms with Crippen molar-refractivity contribution < 1.29 is 9.53 Å². The second-order valence-corrected chi connectivity index (χ2v) is 6.02. The van der Waals surface area contributed by atoms with E-state index in [1.165, 1.54) is 0 Å². The molecule has 0 radical (unpaired) electrons. The van der Waals surface area contributed by atoms with Gasteiger partial charge in [0.25, 0.3) is 0 Å². The molecule has 114 valence electrons. The molecule has 22 heavy (non-hydrogen) atoms. The number of benzene rings is 1. The number of carbonyl (C=O) groups is 1. The fourth-order valence-electron chi connectivity index (χ4n) is 2.84. The predicted molar refractivity (Wildman–Crippen MR) is 85.0 cm³/mol. The van der Waals surface area contributed by atoms with Gasteiger partial charge in [-0.2, -0.15) is 5.10 Å². The molecule has 4 nitrogen and oxygen atoms in total. The van der Waals surface area contributed by atoms with Gasteiger partial charge in [0, 0.05) is 36.4 Å². The first-order chi connectivity index (χ1) is 10.5. The van der Waals surface area contributed by atoms with Gasteiger partial charge in [-0.1, -0.05) is 44.2 Å². The highest BCUT2D eigenvalue weighted by molar-refractivity contribution is 5.91. The maximum atomic E-state index is 12.0. The molecular formula is C18H20N2O2. The number of ether oxygens (including phenoxy) is 1. The summed E-state index contributed by atoms with van der Waals surface area (Å²) >= 11 is 0. The molecule has 0 amide bonds. The Balaban J connectivity index is 1.95. The van der Waals surface area contributed by atoms with Gasteiger partial charge in [-0.25, -0.2) is 4.79 Å². The molecule has 0 saturated carbocycles. The third kappa shape index (κ3) is 2.82. The van der Waals surface area contributed by atoms with Gasteiger partial charge in [0.05, 0.1) is 6.20 Å². The number of nitrogens with zero attached hydrogens (tertiary/aromatic N) is 2. The normalized spacial score (nSPS) is 19.9. The number of aromatic nitrogens is 2. The monoisotopic (exact) mass is 296 g/mol. The number of hydrogen-bond donors (Lipinski definition) is 0. The molecule has 1 saturated heterocycles. The summed E-state index contributed by atoms with van der Waals surface area (Å²) in [6.07, 6.45) is 6.22. The van der Waals surface area contributed by atoms with Crippen molar-refractivity contribution in [2.45, 2.75) is 26.4 Å². The lowest BCUT2D eigenvalue weighted by molar-refractivity contribution is -0.139. The third-order valence-corrected chi connectivity index (χ3v) is 3.77. The van der Waals surface area contributed by atoms with Crippen LogP contribution in [-0.4, -0.2) is 15.7 Å². The Morgan fingerprint density at radius 2 is 2.14 bits per heavy atom. The van der Waals surface area contributed by atoms with Crippen LogP contribution in [0, 0.1) is 5.92 Å². The summed E-state index contributed by atoms with van der Waals surface area (Å²) in [6.45, 7) is 4.13. The predicted octanol–water partition coefficient (Wildman–Crippen LogP) is 3.66. The summed E-state index contributed by atoms with van der Waals surface area (Å²) in [5.74, 6) is 0.148. The molecule has 1 fully saturated rings. The van der Waals surface area contributed by atoms with E-state index in [2.05, 4.69) is 18.9 Å². The second kappa shape index (κ2) is 5.79. The van der Waals surface area contributed by atoms with E-state index in [9.17, 15) is 4.79 Å². The molecule has 2 aromatic rings. The van der Waals surface area contributed by atoms with Crippen LogP contribution in [0.1, 0.15) is 31.9 Å². The average molecular weight is 296 g/mol. The lowest BCUT2D eigenvalue weighted by Crippen LogP contribution is -2.00. The SMILES string of the molecule is CC(C)C=C1CC(c2ccccc2-c2cnn(C)c2)OC1=O. The lowest BCUT2D eigenvalue weighted by Gasteiger charge is -2.13. The average Bonchev–Trinajstić information content (AvgIpc) is 3.05. The molecule has 1 aliphatic heterocycles. The van der Waals surface area contributed by atoms with Crippen molar-refractivity contribution in [1.29, 1.82) is 0 Å². The van der Waals surface area contributed by atoms with E-state index in [0.29, 0.717) is 12.3 Å². The molecule has 1 atom stereocenters. The van der Waals surface area contributed by atoms with Crippen molar-refractivity contribution in [2.24, 2.45) is 13.0 Å². The van der Waals surface area contributed by atoms with Crippen molar-refractivity contribution in [3.05, 3.63) is 53.9 Å². The highest BCUT2D eigenvalue weighted by atomic mass is 16.5. The topological polar surface area (TPSA) is 44.1 Å². The summed E-state index contributed by atoms with van der Waals surface area (Å²) in [4.78, 5) is 12.0. The number of aryl methyl sites for hydroxylation is 1. The van der Waals surface area contributed by atoms with E-state index in [1.54, 1.807) is 4.68 Å². The van der Waals surface area contributed by atoms with Crippen LogP contribution in [0.3, 0.4) is 0 Å². The molecule has 1 aromatic heterocycles. The Hall–Kier alpha value is -2.36. The number of rotatable bonds is 3. The van der Waals surface area contributed by atoms with Crippen molar-refractivity contribution >= 4 is 5.97 Å². The minimum atomic E-state index is -0.214. The van der Waals surface area contributed by atoms with Crippen molar-refractivity contribution in [3.63, 3.8) is 0 Å². The summed E-state index contributed by atoms with van der Waals surface area (Å²) in [7, 11) is 1.89. The largest absolute Gasteiger partial charge is 0.454 e. The highest BCUT2D eigenvalue weighted by Gasteiger charge is 2.31. The zero-order valence-electron chi connectivity index (χ0n) is 13.1. The van der Waals surface area contributed by atoms with Gasteiger partial charge in [-0.3, -0.25) is 4.68 Å². The van der Waals surface area contributed by atoms with Gasteiger partial charge in [0.2, 0.25) is 0 Å². The molecule has 2 heterocycles. The summed E-state index contributed by atoms with van der Waals surface area (Å²) in [5.41, 5.74) is 3.92. The molecule has 1 aliphatic rings. The van der Waals surface area contributed by atoms with Crippen LogP contribution < -0.4 is 0 Å². The molecule has 0 N–H and O–H groups in total. The Morgan fingerprint density at radius 3 is 2.82 bits per heavy atom. The smallest absolute Gasteiger partial charge is 0.334 e. The maximum absolute atomic E-state index is 12.0. The van der Waals surface area contributed by atoms with Crippen molar-refractivity contribution in [2.75, 3.05) is 0 Å². The van der Waals surface area contributed by atoms with Gasteiger partial charge in [-0.15, -0.1) is 0 Å². The summed E-state index contributed by atoms with van der Waals surface area (Å²) in [5, 5.41) is 4.23. The van der Waals surface area contributed by atoms with Crippen LogP contribution in [0.15, 0.2) is 48.3 Å². The Kier molecular flexibility index (Phi) is 3.84. The number of esters is 1. The van der Waals surface area contributed by atoms with Gasteiger partial charge < -0.3 is 4.74 Å². The zero-order chi connectivity index (χ0) is 15.7. The Labute approximate surface area is 130 Å². The minimum absolute atomic E-state index is 0.195. The fourth-order valence-corrected chi connectivity index (χ4v) is 2.84. The molecule has 0 bridgehead atoms. The number of hydrogen-bond acceptors (Lipinski definition) is 3. The quantitative estimate of drug-likeness (QED) is 0.641. The third-order valence-electron chi connectivity index (χ3n) is 3.77. The molecular weight excluding hydrogens is 276 g/mol. The van der Waals surface area contributed by atoms with Crippen molar-refractivity contribution in [1.82, 2.24) is 9.78 Å². The molecule has 1 aromatic carbocycles. The van der Waals surface area contributed by atoms with Crippen LogP contribution >= 0.6 is 0 Å². The van der Waals surface area contributed by atoms with Crippen LogP contribution in [-0.2, 0) is 16.6 Å². The lowest BCUT2D eigenvalue weighted by atomic mass is 9.95. The maximum Gasteiger partial charge on any atom is 0.334 e. The van der Waals surface area contributed by atoms with Gasteiger partial charge >= 0.3 is 5.97 Å². The number of carbonyl (C=O) groups excluding carboxylic acids is 1. The first-order valence-electron chi connectivity index (χ1n) is 7.54. The first-order valence-corrected chi connectivity index (χ1v) is 7.54. The van der Waals surface area contributed by atoms with Crippen LogP contribution in [0.25, 0.3) is 11.1 Å². The van der Waals surface area contributed by atoms with Gasteiger partial charge in [0.15, 0.2) is 0 Å². The highest BCUT2D eigenvalue weighted by Crippen LogP contribution is 2.38. The van der Waals surface area contributed by atoms with E-state index >= 15 is 0 Å². The first kappa shape index (κ1) is 14.6. The standard InChI is InChI=1S/C18H20N2O2/c1-12(2)8-13-9-17(22-18(13)21)16-7-5-4-6-15(16)14-10-19-20(3)11-14/h4-8,10-12,17H,9H2,1-3H3. The molecule has 4 heteroatoms. The minimum Gasteiger partial charge on any atom is -0.454 e. The van der Waals surface area contributed by atoms with Crippen LogP contribution in [0.4, 0.5) is 0 Å². The molecule has 1 unspecified atom stereocenters. The van der Waals surface area contributed by atoms with Crippen LogP contribution in [0.2, 0.25) is 0 Å². The molecule has 0 spiro atoms. The molecule has 3 rings (SSSR count). The Bertz CT molecular complexity index is 728. The van der Waals surface area contributed by atoms with Crippen molar-refractivity contribution in [3.8, 4) is 11.1 Å². The van der Waals surface area contributed by atoms with E-state index in [4.69, 9.17) is 4.74 Å². The zero-order valence-corrected chi connectivity index (χ0v) is 13.1. The van der Waals surface area contributed by atoms with E-state index in [0.717, 1.165) is 22.3 Å². The number of allylic oxidation sites excluding steroid dienone is 1. The second-order valence-electron chi connectivity index (χ2n) is 6.02. The van der Waals surface area contributed by atoms with Crippen LogP contribution in [0.5, 0.6) is 0 Å². The van der Waals surface area contributed by atoms with E-state index in [1.807, 2.05) is 49.8 Å². The summed E-state index contributed by atoms with van der Waals surface area (Å²) in [6, 6.07) is 8.05. The fraction of sp³-hybridized carbons (Fsp3) is 0.333. The Morgan fingerprint density at radius 1 is 1.36 bits per heavy atom. The van der Waals surface area contributed by atoms with Gasteiger partial charge in [0.1, 0.15) is 6.10 Å². The van der Waals surface area contributed by atoms with E-state index < -0.39 is 0 Å². The number of cyclic esters (lactones) is 1. The summed E-state index contributed by atoms with van der Waals surface area (Å²) < 4.78 is 7.37. The molecule has 0 aliphatic carbocycles. The van der Waals surface area contributed by atoms with Gasteiger partial charge in [-0.05, 0) is 11.5 Å². The van der Waals surface area contributed by atoms with E-state index in [-0.39, 0.29) is 12.1 Å².